The maximum Gasteiger partial charge on any atom is 0.272 e. The highest BCUT2D eigenvalue weighted by atomic mass is 35.5. The molecule has 1 amide bonds. The molecule has 0 unspecified atom stereocenters. The first-order valence-corrected chi connectivity index (χ1v) is 9.25. The van der Waals surface area contributed by atoms with Gasteiger partial charge in [-0.25, -0.2) is 9.97 Å². The summed E-state index contributed by atoms with van der Waals surface area (Å²) in [6.07, 6.45) is 0. The number of hydrogen-bond donors (Lipinski definition) is 1. The first kappa shape index (κ1) is 18.9. The normalized spacial score (nSPS) is 10.5. The molecule has 0 aliphatic heterocycles. The van der Waals surface area contributed by atoms with Gasteiger partial charge in [-0.3, -0.25) is 4.79 Å². The van der Waals surface area contributed by atoms with Gasteiger partial charge in [-0.05, 0) is 32.0 Å². The fraction of sp³-hybridized carbons (Fsp3) is 0.190. The largest absolute Gasteiger partial charge is 0.340 e. The van der Waals surface area contributed by atoms with Crippen molar-refractivity contribution < 1.29 is 4.79 Å². The molecule has 3 aromatic rings. The molecule has 27 heavy (non-hydrogen) atoms. The minimum Gasteiger partial charge on any atom is -0.340 e. The van der Waals surface area contributed by atoms with E-state index in [2.05, 4.69) is 15.3 Å². The Morgan fingerprint density at radius 3 is 2.41 bits per heavy atom. The first-order valence-electron chi connectivity index (χ1n) is 8.87. The number of anilines is 2. The van der Waals surface area contributed by atoms with Crippen LogP contribution in [0, 0.1) is 0 Å². The summed E-state index contributed by atoms with van der Waals surface area (Å²) < 4.78 is 0. The summed E-state index contributed by atoms with van der Waals surface area (Å²) >= 11 is 6.07. The molecule has 0 fully saturated rings. The van der Waals surface area contributed by atoms with E-state index in [1.165, 1.54) is 0 Å². The number of amides is 1. The molecule has 138 valence electrons. The zero-order chi connectivity index (χ0) is 19.2. The van der Waals surface area contributed by atoms with E-state index < -0.39 is 0 Å². The van der Waals surface area contributed by atoms with E-state index in [4.69, 9.17) is 11.6 Å². The van der Waals surface area contributed by atoms with Gasteiger partial charge in [0.25, 0.3) is 5.91 Å². The summed E-state index contributed by atoms with van der Waals surface area (Å²) in [7, 11) is 0. The Morgan fingerprint density at radius 2 is 1.74 bits per heavy atom. The number of nitrogens with one attached hydrogen (secondary N) is 1. The first-order chi connectivity index (χ1) is 13.1. The topological polar surface area (TPSA) is 58.1 Å². The van der Waals surface area contributed by atoms with Crippen molar-refractivity contribution in [1.82, 2.24) is 14.9 Å². The molecule has 0 saturated carbocycles. The van der Waals surface area contributed by atoms with Gasteiger partial charge in [0.15, 0.2) is 5.82 Å². The van der Waals surface area contributed by atoms with Crippen molar-refractivity contribution in [2.24, 2.45) is 0 Å². The predicted molar refractivity (Wildman–Crippen MR) is 109 cm³/mol. The third-order valence-electron chi connectivity index (χ3n) is 4.12. The second-order valence-corrected chi connectivity index (χ2v) is 6.38. The molecule has 5 nitrogen and oxygen atoms in total. The minimum absolute atomic E-state index is 0.117. The van der Waals surface area contributed by atoms with Gasteiger partial charge >= 0.3 is 0 Å². The lowest BCUT2D eigenvalue weighted by Crippen LogP contribution is -2.31. The average Bonchev–Trinajstić information content (AvgIpc) is 2.69. The van der Waals surface area contributed by atoms with E-state index in [-0.39, 0.29) is 5.91 Å². The number of carbonyl (C=O) groups is 1. The number of benzene rings is 2. The van der Waals surface area contributed by atoms with Gasteiger partial charge in [0.1, 0.15) is 11.5 Å². The fourth-order valence-electron chi connectivity index (χ4n) is 2.72. The van der Waals surface area contributed by atoms with E-state index >= 15 is 0 Å². The molecule has 1 N–H and O–H groups in total. The highest BCUT2D eigenvalue weighted by molar-refractivity contribution is 6.30. The fourth-order valence-corrected chi connectivity index (χ4v) is 2.91. The SMILES string of the molecule is CCN(CC)C(=O)c1cc(Nc2cccc(Cl)c2)nc(-c2ccccc2)n1. The molecule has 2 aromatic carbocycles. The molecule has 3 rings (SSSR count). The molecule has 6 heteroatoms. The lowest BCUT2D eigenvalue weighted by molar-refractivity contribution is 0.0767. The van der Waals surface area contributed by atoms with Crippen LogP contribution in [0.5, 0.6) is 0 Å². The third-order valence-corrected chi connectivity index (χ3v) is 4.36. The molecular weight excluding hydrogens is 360 g/mol. The number of carbonyl (C=O) groups excluding carboxylic acids is 1. The maximum absolute atomic E-state index is 12.8. The summed E-state index contributed by atoms with van der Waals surface area (Å²) in [6.45, 7) is 5.14. The number of nitrogens with zero attached hydrogens (tertiary/aromatic N) is 3. The van der Waals surface area contributed by atoms with Crippen LogP contribution in [0.4, 0.5) is 11.5 Å². The predicted octanol–water partition coefficient (Wildman–Crippen LogP) is 5.02. The van der Waals surface area contributed by atoms with Crippen molar-refractivity contribution >= 4 is 29.0 Å². The van der Waals surface area contributed by atoms with Crippen molar-refractivity contribution in [3.05, 3.63) is 71.4 Å². The Kier molecular flexibility index (Phi) is 6.04. The molecule has 0 bridgehead atoms. The molecule has 0 atom stereocenters. The van der Waals surface area contributed by atoms with Crippen LogP contribution in [0.2, 0.25) is 5.02 Å². The Morgan fingerprint density at radius 1 is 1.00 bits per heavy atom. The van der Waals surface area contributed by atoms with Gasteiger partial charge in [0, 0.05) is 35.4 Å². The van der Waals surface area contributed by atoms with Gasteiger partial charge in [0.05, 0.1) is 0 Å². The van der Waals surface area contributed by atoms with Crippen LogP contribution in [0.1, 0.15) is 24.3 Å². The quantitative estimate of drug-likeness (QED) is 0.652. The van der Waals surface area contributed by atoms with Crippen molar-refractivity contribution in [1.29, 1.82) is 0 Å². The maximum atomic E-state index is 12.8. The van der Waals surface area contributed by atoms with Gasteiger partial charge in [-0.2, -0.15) is 0 Å². The Bertz CT molecular complexity index is 926. The van der Waals surface area contributed by atoms with Crippen molar-refractivity contribution in [2.75, 3.05) is 18.4 Å². The Labute approximate surface area is 164 Å². The third kappa shape index (κ3) is 4.63. The number of hydrogen-bond acceptors (Lipinski definition) is 4. The summed E-state index contributed by atoms with van der Waals surface area (Å²) in [6, 6.07) is 18.6. The van der Waals surface area contributed by atoms with Crippen LogP contribution < -0.4 is 5.32 Å². The zero-order valence-electron chi connectivity index (χ0n) is 15.3. The summed E-state index contributed by atoms with van der Waals surface area (Å²) in [5.41, 5.74) is 2.00. The van der Waals surface area contributed by atoms with E-state index in [1.807, 2.05) is 56.3 Å². The lowest BCUT2D eigenvalue weighted by atomic mass is 10.2. The Hall–Kier alpha value is -2.92. The van der Waals surface area contributed by atoms with Gasteiger partial charge in [-0.1, -0.05) is 48.0 Å². The van der Waals surface area contributed by atoms with Crippen LogP contribution >= 0.6 is 11.6 Å². The van der Waals surface area contributed by atoms with Gasteiger partial charge < -0.3 is 10.2 Å². The van der Waals surface area contributed by atoms with Crippen molar-refractivity contribution in [3.63, 3.8) is 0 Å². The molecule has 0 saturated heterocycles. The lowest BCUT2D eigenvalue weighted by Gasteiger charge is -2.19. The number of rotatable bonds is 6. The average molecular weight is 381 g/mol. The highest BCUT2D eigenvalue weighted by Crippen LogP contribution is 2.23. The van der Waals surface area contributed by atoms with Gasteiger partial charge in [0.2, 0.25) is 0 Å². The monoisotopic (exact) mass is 380 g/mol. The molecule has 0 aliphatic carbocycles. The second-order valence-electron chi connectivity index (χ2n) is 5.94. The molecule has 1 aromatic heterocycles. The second kappa shape index (κ2) is 8.64. The van der Waals surface area contributed by atoms with Crippen LogP contribution in [-0.2, 0) is 0 Å². The smallest absolute Gasteiger partial charge is 0.272 e. The Balaban J connectivity index is 2.04. The molecule has 1 heterocycles. The number of halogens is 1. The van der Waals surface area contributed by atoms with Crippen molar-refractivity contribution in [2.45, 2.75) is 13.8 Å². The summed E-state index contributed by atoms with van der Waals surface area (Å²) in [4.78, 5) is 23.7. The van der Waals surface area contributed by atoms with Crippen LogP contribution in [0.3, 0.4) is 0 Å². The minimum atomic E-state index is -0.117. The van der Waals surface area contributed by atoms with E-state index in [9.17, 15) is 4.79 Å². The van der Waals surface area contributed by atoms with Crippen molar-refractivity contribution in [3.8, 4) is 11.4 Å². The molecule has 0 spiro atoms. The zero-order valence-corrected chi connectivity index (χ0v) is 16.1. The van der Waals surface area contributed by atoms with Crippen LogP contribution in [0.15, 0.2) is 60.7 Å². The van der Waals surface area contributed by atoms with E-state index in [1.54, 1.807) is 23.1 Å². The molecular formula is C21H21ClN4O. The van der Waals surface area contributed by atoms with E-state index in [0.29, 0.717) is 35.4 Å². The standard InChI is InChI=1S/C21H21ClN4O/c1-3-26(4-2)21(27)18-14-19(23-17-12-8-11-16(22)13-17)25-20(24-18)15-9-6-5-7-10-15/h5-14H,3-4H2,1-2H3,(H,23,24,25). The van der Waals surface area contributed by atoms with E-state index in [0.717, 1.165) is 11.3 Å². The van der Waals surface area contributed by atoms with Crippen LogP contribution in [-0.4, -0.2) is 33.9 Å². The number of aromatic nitrogens is 2. The molecule has 0 radical (unpaired) electrons. The molecule has 0 aliphatic rings. The summed E-state index contributed by atoms with van der Waals surface area (Å²) in [5, 5.41) is 3.84. The van der Waals surface area contributed by atoms with Crippen LogP contribution in [0.25, 0.3) is 11.4 Å². The van der Waals surface area contributed by atoms with Gasteiger partial charge in [-0.15, -0.1) is 0 Å². The summed E-state index contributed by atoms with van der Waals surface area (Å²) in [5.74, 6) is 0.925. The highest BCUT2D eigenvalue weighted by Gasteiger charge is 2.17.